The highest BCUT2D eigenvalue weighted by atomic mass is 19.1. The Labute approximate surface area is 210 Å². The predicted octanol–water partition coefficient (Wildman–Crippen LogP) is 4.58. The number of benzene rings is 2. The molecule has 1 saturated heterocycles. The molecule has 2 heterocycles. The third kappa shape index (κ3) is 6.01. The van der Waals surface area contributed by atoms with Crippen molar-refractivity contribution < 1.29 is 24.1 Å². The van der Waals surface area contributed by atoms with Crippen LogP contribution in [0.15, 0.2) is 48.7 Å². The van der Waals surface area contributed by atoms with Crippen molar-refractivity contribution in [1.82, 2.24) is 9.88 Å². The molecule has 0 aliphatic carbocycles. The first kappa shape index (κ1) is 25.6. The van der Waals surface area contributed by atoms with Crippen LogP contribution in [0.4, 0.5) is 4.39 Å². The lowest BCUT2D eigenvalue weighted by molar-refractivity contribution is -0.146. The zero-order chi connectivity index (χ0) is 25.7. The summed E-state index contributed by atoms with van der Waals surface area (Å²) in [5.41, 5.74) is 2.73. The quantitative estimate of drug-likeness (QED) is 0.472. The standard InChI is InChI=1S/C29H31FN2O4/c1-19-5-6-20(16-26(19)30)4-3-14-32-15-12-21(25(18-32)29(34)35)7-10-28(33)23-11-13-31-27-9-8-22(36-2)17-24(23)27/h5-6,8-9,11,13,16-17,21,25,28,33H,7,10,12,14-15,18H2,1-2H3,(H,34,35)/t21-,25+,28+/m1/s1. The maximum Gasteiger partial charge on any atom is 0.308 e. The number of rotatable bonds is 7. The van der Waals surface area contributed by atoms with Crippen LogP contribution in [-0.4, -0.2) is 52.8 Å². The minimum Gasteiger partial charge on any atom is -0.497 e. The summed E-state index contributed by atoms with van der Waals surface area (Å²) >= 11 is 0. The Bertz CT molecular complexity index is 1300. The maximum absolute atomic E-state index is 13.7. The molecule has 3 aromatic rings. The van der Waals surface area contributed by atoms with E-state index in [-0.39, 0.29) is 11.7 Å². The Morgan fingerprint density at radius 1 is 1.28 bits per heavy atom. The van der Waals surface area contributed by atoms with Crippen LogP contribution < -0.4 is 4.74 Å². The lowest BCUT2D eigenvalue weighted by atomic mass is 9.81. The van der Waals surface area contributed by atoms with Gasteiger partial charge in [0.2, 0.25) is 0 Å². The number of aliphatic carboxylic acids is 1. The molecule has 1 aliphatic heterocycles. The van der Waals surface area contributed by atoms with Crippen LogP contribution in [0.25, 0.3) is 10.9 Å². The average Bonchev–Trinajstić information content (AvgIpc) is 2.88. The van der Waals surface area contributed by atoms with E-state index in [0.29, 0.717) is 42.8 Å². The van der Waals surface area contributed by atoms with Crippen molar-refractivity contribution in [2.45, 2.75) is 32.3 Å². The lowest BCUT2D eigenvalue weighted by Crippen LogP contribution is -2.44. The van der Waals surface area contributed by atoms with E-state index in [1.807, 2.05) is 29.2 Å². The van der Waals surface area contributed by atoms with Crippen molar-refractivity contribution in [2.24, 2.45) is 11.8 Å². The second kappa shape index (κ2) is 11.5. The van der Waals surface area contributed by atoms with Gasteiger partial charge >= 0.3 is 5.97 Å². The molecular formula is C29H31FN2O4. The molecule has 0 spiro atoms. The molecule has 1 fully saturated rings. The Morgan fingerprint density at radius 2 is 2.11 bits per heavy atom. The summed E-state index contributed by atoms with van der Waals surface area (Å²) in [4.78, 5) is 18.4. The van der Waals surface area contributed by atoms with Gasteiger partial charge in [0.25, 0.3) is 0 Å². The molecule has 0 saturated carbocycles. The van der Waals surface area contributed by atoms with Gasteiger partial charge in [-0.1, -0.05) is 17.9 Å². The van der Waals surface area contributed by atoms with E-state index in [4.69, 9.17) is 4.74 Å². The molecule has 0 amide bonds. The summed E-state index contributed by atoms with van der Waals surface area (Å²) in [6, 6.07) is 12.3. The molecule has 3 atom stereocenters. The van der Waals surface area contributed by atoms with E-state index >= 15 is 0 Å². The van der Waals surface area contributed by atoms with E-state index in [0.717, 1.165) is 29.4 Å². The summed E-state index contributed by atoms with van der Waals surface area (Å²) in [6.45, 7) is 3.27. The number of aryl methyl sites for hydroxylation is 1. The minimum atomic E-state index is -0.827. The maximum atomic E-state index is 13.7. The molecule has 0 radical (unpaired) electrons. The number of hydrogen-bond donors (Lipinski definition) is 2. The first-order valence-electron chi connectivity index (χ1n) is 12.2. The molecule has 6 nitrogen and oxygen atoms in total. The van der Waals surface area contributed by atoms with E-state index in [9.17, 15) is 19.4 Å². The fourth-order valence-corrected chi connectivity index (χ4v) is 4.85. The van der Waals surface area contributed by atoms with Crippen molar-refractivity contribution in [3.8, 4) is 17.6 Å². The summed E-state index contributed by atoms with van der Waals surface area (Å²) in [6.07, 6.45) is 2.74. The first-order chi connectivity index (χ1) is 17.4. The van der Waals surface area contributed by atoms with Gasteiger partial charge < -0.3 is 14.9 Å². The Hall–Kier alpha value is -3.47. The normalized spacial score (nSPS) is 18.9. The van der Waals surface area contributed by atoms with E-state index < -0.39 is 18.0 Å². The van der Waals surface area contributed by atoms with Gasteiger partial charge in [-0.2, -0.15) is 0 Å². The van der Waals surface area contributed by atoms with Gasteiger partial charge in [0.15, 0.2) is 0 Å². The number of halogens is 1. The topological polar surface area (TPSA) is 82.9 Å². The first-order valence-corrected chi connectivity index (χ1v) is 12.2. The molecule has 2 aromatic carbocycles. The van der Waals surface area contributed by atoms with Crippen LogP contribution in [-0.2, 0) is 4.79 Å². The highest BCUT2D eigenvalue weighted by Crippen LogP contribution is 2.33. The van der Waals surface area contributed by atoms with E-state index in [1.54, 1.807) is 32.4 Å². The zero-order valence-corrected chi connectivity index (χ0v) is 20.6. The fraction of sp³-hybridized carbons (Fsp3) is 0.379. The largest absolute Gasteiger partial charge is 0.497 e. The summed E-state index contributed by atoms with van der Waals surface area (Å²) in [5, 5.41) is 21.7. The second-order valence-corrected chi connectivity index (χ2v) is 9.37. The Kier molecular flexibility index (Phi) is 8.19. The number of carbonyl (C=O) groups is 1. The average molecular weight is 491 g/mol. The van der Waals surface area contributed by atoms with Crippen molar-refractivity contribution in [2.75, 3.05) is 26.7 Å². The number of pyridine rings is 1. The van der Waals surface area contributed by atoms with Crippen molar-refractivity contribution >= 4 is 16.9 Å². The van der Waals surface area contributed by atoms with Crippen LogP contribution in [0.5, 0.6) is 5.75 Å². The van der Waals surface area contributed by atoms with Crippen LogP contribution in [0.3, 0.4) is 0 Å². The molecule has 0 bridgehead atoms. The second-order valence-electron chi connectivity index (χ2n) is 9.37. The van der Waals surface area contributed by atoms with Gasteiger partial charge in [0.1, 0.15) is 11.6 Å². The van der Waals surface area contributed by atoms with Gasteiger partial charge in [0.05, 0.1) is 31.2 Å². The molecule has 2 N–H and O–H groups in total. The van der Waals surface area contributed by atoms with Crippen LogP contribution in [0.1, 0.15) is 42.1 Å². The number of piperidine rings is 1. The summed E-state index contributed by atoms with van der Waals surface area (Å²) in [7, 11) is 1.60. The monoisotopic (exact) mass is 490 g/mol. The molecule has 0 unspecified atom stereocenters. The number of aliphatic hydroxyl groups is 1. The third-order valence-electron chi connectivity index (χ3n) is 7.02. The van der Waals surface area contributed by atoms with E-state index in [2.05, 4.69) is 16.8 Å². The minimum absolute atomic E-state index is 0.0322. The number of aromatic nitrogens is 1. The number of aliphatic hydroxyl groups excluding tert-OH is 1. The molecule has 1 aromatic heterocycles. The lowest BCUT2D eigenvalue weighted by Gasteiger charge is -2.36. The zero-order valence-electron chi connectivity index (χ0n) is 20.6. The van der Waals surface area contributed by atoms with Gasteiger partial charge in [0, 0.05) is 23.7 Å². The van der Waals surface area contributed by atoms with Crippen LogP contribution in [0.2, 0.25) is 0 Å². The number of carboxylic acid groups (broad SMARTS) is 1. The number of hydrogen-bond acceptors (Lipinski definition) is 5. The Morgan fingerprint density at radius 3 is 2.86 bits per heavy atom. The van der Waals surface area contributed by atoms with Crippen molar-refractivity contribution in [3.05, 3.63) is 71.2 Å². The number of nitrogens with zero attached hydrogens (tertiary/aromatic N) is 2. The van der Waals surface area contributed by atoms with Crippen LogP contribution in [0, 0.1) is 36.4 Å². The van der Waals surface area contributed by atoms with Gasteiger partial charge in [-0.15, -0.1) is 0 Å². The van der Waals surface area contributed by atoms with Gasteiger partial charge in [-0.25, -0.2) is 4.39 Å². The number of ether oxygens (including phenoxy) is 1. The SMILES string of the molecule is COc1ccc2nccc([C@@H](O)CC[C@@H]3CCN(CC#Cc4ccc(C)c(F)c4)C[C@@H]3C(=O)O)c2c1. The predicted molar refractivity (Wildman–Crippen MR) is 136 cm³/mol. The highest BCUT2D eigenvalue weighted by Gasteiger charge is 2.34. The summed E-state index contributed by atoms with van der Waals surface area (Å²) < 4.78 is 19.0. The fourth-order valence-electron chi connectivity index (χ4n) is 4.85. The van der Waals surface area contributed by atoms with Gasteiger partial charge in [-0.05, 0) is 86.2 Å². The van der Waals surface area contributed by atoms with Gasteiger partial charge in [-0.3, -0.25) is 14.7 Å². The van der Waals surface area contributed by atoms with Crippen molar-refractivity contribution in [3.63, 3.8) is 0 Å². The van der Waals surface area contributed by atoms with Crippen LogP contribution >= 0.6 is 0 Å². The third-order valence-corrected chi connectivity index (χ3v) is 7.02. The highest BCUT2D eigenvalue weighted by molar-refractivity contribution is 5.83. The number of carboxylic acids is 1. The van der Waals surface area contributed by atoms with Crippen molar-refractivity contribution in [1.29, 1.82) is 0 Å². The number of methoxy groups -OCH3 is 1. The molecule has 36 heavy (non-hydrogen) atoms. The molecule has 7 heteroatoms. The molecule has 4 rings (SSSR count). The Balaban J connectivity index is 1.37. The molecule has 1 aliphatic rings. The number of likely N-dealkylation sites (tertiary alicyclic amines) is 1. The summed E-state index contributed by atoms with van der Waals surface area (Å²) in [5.74, 6) is 5.04. The number of fused-ring (bicyclic) bond motifs is 1. The molecular weight excluding hydrogens is 459 g/mol. The molecule has 188 valence electrons. The van der Waals surface area contributed by atoms with E-state index in [1.165, 1.54) is 6.07 Å². The smallest absolute Gasteiger partial charge is 0.308 e.